The first-order chi connectivity index (χ1) is 10.9. The zero-order chi connectivity index (χ0) is 16.7. The van der Waals surface area contributed by atoms with E-state index in [0.717, 1.165) is 0 Å². The van der Waals surface area contributed by atoms with Crippen molar-refractivity contribution in [2.24, 2.45) is 13.0 Å². The molecular weight excluding hydrogens is 344 g/mol. The van der Waals surface area contributed by atoms with Gasteiger partial charge in [-0.15, -0.1) is 16.9 Å². The lowest BCUT2D eigenvalue weighted by molar-refractivity contribution is -0.151. The van der Waals surface area contributed by atoms with Gasteiger partial charge in [0.1, 0.15) is 5.70 Å². The molecule has 3 rings (SSSR count). The molecule has 0 aliphatic carbocycles. The molecule has 1 saturated heterocycles. The van der Waals surface area contributed by atoms with Crippen LogP contribution in [0, 0.1) is 5.92 Å². The molecule has 2 aliphatic rings. The lowest BCUT2D eigenvalue weighted by Gasteiger charge is -2.48. The minimum absolute atomic E-state index is 0.0248. The molecule has 0 aromatic carbocycles. The number of rotatable bonds is 4. The van der Waals surface area contributed by atoms with Crippen LogP contribution >= 0.6 is 23.5 Å². The predicted molar refractivity (Wildman–Crippen MR) is 82.0 cm³/mol. The highest BCUT2D eigenvalue weighted by Gasteiger charge is 2.51. The number of aliphatic carboxylic acids is 1. The van der Waals surface area contributed by atoms with Gasteiger partial charge in [0.15, 0.2) is 5.16 Å². The molecule has 0 bridgehead atoms. The molecule has 3 heterocycles. The van der Waals surface area contributed by atoms with E-state index < -0.39 is 17.4 Å². The van der Waals surface area contributed by atoms with Crippen LogP contribution in [0.1, 0.15) is 0 Å². The number of hydrogen-bond acceptors (Lipinski definition) is 8. The number of aromatic nitrogens is 3. The SMILES string of the molecule is Cn1nc(O)c(=O)nc1SCC1C(=O)N2C(C(=O)O)=CCS[C@@H]12. The molecule has 11 heteroatoms. The molecule has 1 fully saturated rings. The number of hydrogen-bond donors (Lipinski definition) is 2. The summed E-state index contributed by atoms with van der Waals surface area (Å²) in [6.45, 7) is 0. The summed E-state index contributed by atoms with van der Waals surface area (Å²) in [5, 5.41) is 22.0. The number of nitrogens with zero attached hydrogens (tertiary/aromatic N) is 4. The largest absolute Gasteiger partial charge is 0.488 e. The van der Waals surface area contributed by atoms with E-state index in [0.29, 0.717) is 11.5 Å². The van der Waals surface area contributed by atoms with Crippen LogP contribution in [-0.4, -0.2) is 58.6 Å². The third-order valence-corrected chi connectivity index (χ3v) is 5.86. The van der Waals surface area contributed by atoms with Crippen molar-refractivity contribution in [2.75, 3.05) is 11.5 Å². The van der Waals surface area contributed by atoms with E-state index in [1.165, 1.54) is 46.2 Å². The molecule has 122 valence electrons. The van der Waals surface area contributed by atoms with Crippen molar-refractivity contribution in [2.45, 2.75) is 10.5 Å². The molecular formula is C12H12N4O5S2. The van der Waals surface area contributed by atoms with Crippen molar-refractivity contribution in [3.05, 3.63) is 22.1 Å². The number of amides is 1. The van der Waals surface area contributed by atoms with Gasteiger partial charge in [-0.2, -0.15) is 4.98 Å². The van der Waals surface area contributed by atoms with Crippen LogP contribution in [0.5, 0.6) is 5.88 Å². The number of β-lactam (4-membered cyclic amide) rings is 1. The van der Waals surface area contributed by atoms with E-state index in [9.17, 15) is 19.5 Å². The minimum atomic E-state index is -1.11. The minimum Gasteiger partial charge on any atom is -0.488 e. The second-order valence-electron chi connectivity index (χ2n) is 4.89. The third-order valence-electron chi connectivity index (χ3n) is 3.48. The molecule has 2 atom stereocenters. The van der Waals surface area contributed by atoms with Crippen molar-refractivity contribution in [3.8, 4) is 5.88 Å². The van der Waals surface area contributed by atoms with E-state index in [1.54, 1.807) is 0 Å². The number of aryl methyl sites for hydroxylation is 1. The average molecular weight is 356 g/mol. The first kappa shape index (κ1) is 15.9. The quantitative estimate of drug-likeness (QED) is 0.541. The van der Waals surface area contributed by atoms with Crippen LogP contribution in [0.2, 0.25) is 0 Å². The molecule has 1 unspecified atom stereocenters. The fraction of sp³-hybridized carbons (Fsp3) is 0.417. The van der Waals surface area contributed by atoms with Crippen molar-refractivity contribution in [1.82, 2.24) is 19.7 Å². The summed E-state index contributed by atoms with van der Waals surface area (Å²) in [6.07, 6.45) is 1.53. The van der Waals surface area contributed by atoms with E-state index in [4.69, 9.17) is 5.11 Å². The van der Waals surface area contributed by atoms with E-state index >= 15 is 0 Å². The number of carboxylic acid groups (broad SMARTS) is 1. The van der Waals surface area contributed by atoms with Crippen LogP contribution in [0.4, 0.5) is 0 Å². The molecule has 0 radical (unpaired) electrons. The second kappa shape index (κ2) is 5.89. The number of carbonyl (C=O) groups excluding carboxylic acids is 1. The molecule has 2 aliphatic heterocycles. The summed E-state index contributed by atoms with van der Waals surface area (Å²) in [5.41, 5.74) is -0.799. The lowest BCUT2D eigenvalue weighted by atomic mass is 9.99. The molecule has 9 nitrogen and oxygen atoms in total. The summed E-state index contributed by atoms with van der Waals surface area (Å²) in [4.78, 5) is 39.6. The van der Waals surface area contributed by atoms with Gasteiger partial charge in [-0.3, -0.25) is 14.5 Å². The van der Waals surface area contributed by atoms with Crippen molar-refractivity contribution in [3.63, 3.8) is 0 Å². The number of thioether (sulfide) groups is 2. The van der Waals surface area contributed by atoms with E-state index in [-0.39, 0.29) is 28.1 Å². The van der Waals surface area contributed by atoms with Crippen LogP contribution in [0.15, 0.2) is 21.7 Å². The summed E-state index contributed by atoms with van der Waals surface area (Å²) < 4.78 is 1.26. The van der Waals surface area contributed by atoms with Crippen LogP contribution in [0.25, 0.3) is 0 Å². The van der Waals surface area contributed by atoms with Gasteiger partial charge in [0.05, 0.1) is 11.3 Å². The summed E-state index contributed by atoms with van der Waals surface area (Å²) >= 11 is 2.67. The van der Waals surface area contributed by atoms with Crippen molar-refractivity contribution >= 4 is 35.4 Å². The zero-order valence-electron chi connectivity index (χ0n) is 11.9. The fourth-order valence-corrected chi connectivity index (χ4v) is 4.78. The van der Waals surface area contributed by atoms with E-state index in [2.05, 4.69) is 10.1 Å². The van der Waals surface area contributed by atoms with Crippen LogP contribution in [0.3, 0.4) is 0 Å². The standard InChI is InChI=1S/C12H12N4O5S2/c1-15-12(13-7(17)8(18)14-15)23-4-5-9(19)16-6(11(20)21)2-3-22-10(5)16/h2,5,10H,3-4H2,1H3,(H,14,18)(H,20,21)/t5?,10-/m0/s1. The Kier molecular flexibility index (Phi) is 4.06. The maximum atomic E-state index is 12.2. The Morgan fingerprint density at radius 3 is 2.96 bits per heavy atom. The van der Waals surface area contributed by atoms with Crippen LogP contribution < -0.4 is 5.56 Å². The number of fused-ring (bicyclic) bond motifs is 1. The highest BCUT2D eigenvalue weighted by atomic mass is 32.2. The van der Waals surface area contributed by atoms with Gasteiger partial charge in [-0.1, -0.05) is 11.8 Å². The Morgan fingerprint density at radius 1 is 1.52 bits per heavy atom. The summed E-state index contributed by atoms with van der Waals surface area (Å²) in [6, 6.07) is 0. The maximum Gasteiger partial charge on any atom is 0.352 e. The number of carbonyl (C=O) groups is 2. The van der Waals surface area contributed by atoms with Crippen molar-refractivity contribution in [1.29, 1.82) is 0 Å². The van der Waals surface area contributed by atoms with Gasteiger partial charge in [-0.05, 0) is 6.08 Å². The molecule has 1 aromatic heterocycles. The van der Waals surface area contributed by atoms with Crippen LogP contribution in [-0.2, 0) is 16.6 Å². The summed E-state index contributed by atoms with van der Waals surface area (Å²) in [5.74, 6) is -1.50. The highest BCUT2D eigenvalue weighted by molar-refractivity contribution is 8.00. The first-order valence-corrected chi connectivity index (χ1v) is 8.59. The predicted octanol–water partition coefficient (Wildman–Crippen LogP) is -0.527. The monoisotopic (exact) mass is 356 g/mol. The Hall–Kier alpha value is -2.01. The highest BCUT2D eigenvalue weighted by Crippen LogP contribution is 2.43. The zero-order valence-corrected chi connectivity index (χ0v) is 13.5. The molecule has 0 saturated carbocycles. The Morgan fingerprint density at radius 2 is 2.26 bits per heavy atom. The normalized spacial score (nSPS) is 23.1. The molecule has 23 heavy (non-hydrogen) atoms. The Bertz CT molecular complexity index is 777. The topological polar surface area (TPSA) is 126 Å². The number of carboxylic acids is 1. The lowest BCUT2D eigenvalue weighted by Crippen LogP contribution is -2.61. The van der Waals surface area contributed by atoms with Crippen molar-refractivity contribution < 1.29 is 19.8 Å². The first-order valence-electron chi connectivity index (χ1n) is 6.55. The molecule has 1 amide bonds. The molecule has 2 N–H and O–H groups in total. The van der Waals surface area contributed by atoms with Gasteiger partial charge in [0.25, 0.3) is 5.88 Å². The Balaban J connectivity index is 1.71. The van der Waals surface area contributed by atoms with Gasteiger partial charge >= 0.3 is 11.5 Å². The second-order valence-corrected chi connectivity index (χ2v) is 7.03. The smallest absolute Gasteiger partial charge is 0.352 e. The average Bonchev–Trinajstić information content (AvgIpc) is 2.51. The maximum absolute atomic E-state index is 12.2. The number of aromatic hydroxyl groups is 1. The molecule has 0 spiro atoms. The van der Waals surface area contributed by atoms with Gasteiger partial charge < -0.3 is 10.2 Å². The summed E-state index contributed by atoms with van der Waals surface area (Å²) in [7, 11) is 1.53. The van der Waals surface area contributed by atoms with Gasteiger partial charge in [-0.25, -0.2) is 9.48 Å². The Labute approximate surface area is 138 Å². The fourth-order valence-electron chi connectivity index (χ4n) is 2.37. The van der Waals surface area contributed by atoms with E-state index in [1.807, 2.05) is 0 Å². The molecule has 1 aromatic rings. The third kappa shape index (κ3) is 2.70. The van der Waals surface area contributed by atoms with Gasteiger partial charge in [0.2, 0.25) is 5.91 Å². The van der Waals surface area contributed by atoms with Gasteiger partial charge in [0, 0.05) is 18.6 Å².